The maximum Gasteiger partial charge on any atom is 0.254 e. The van der Waals surface area contributed by atoms with Gasteiger partial charge in [0.1, 0.15) is 0 Å². The Morgan fingerprint density at radius 2 is 1.17 bits per heavy atom. The second kappa shape index (κ2) is 10.3. The summed E-state index contributed by atoms with van der Waals surface area (Å²) < 4.78 is 28.7. The van der Waals surface area contributed by atoms with Gasteiger partial charge in [0.25, 0.3) is 5.91 Å². The molecule has 2 heterocycles. The fourth-order valence-electron chi connectivity index (χ4n) is 4.96. The number of amides is 1. The highest BCUT2D eigenvalue weighted by atomic mass is 32.2. The average molecular weight is 505 g/mol. The van der Waals surface area contributed by atoms with Crippen molar-refractivity contribution in [3.05, 3.63) is 90.0 Å². The first kappa shape index (κ1) is 24.3. The number of carbonyl (C=O) groups excluding carboxylic acids is 1. The van der Waals surface area contributed by atoms with Crippen molar-refractivity contribution in [2.75, 3.05) is 62.2 Å². The van der Waals surface area contributed by atoms with Crippen molar-refractivity contribution in [2.45, 2.75) is 11.8 Å². The average Bonchev–Trinajstić information content (AvgIpc) is 2.94. The minimum atomic E-state index is -3.70. The number of anilines is 2. The van der Waals surface area contributed by atoms with E-state index in [2.05, 4.69) is 21.9 Å². The smallest absolute Gasteiger partial charge is 0.254 e. The van der Waals surface area contributed by atoms with Crippen LogP contribution in [0.5, 0.6) is 0 Å². The zero-order valence-electron chi connectivity index (χ0n) is 20.6. The molecule has 8 heteroatoms. The van der Waals surface area contributed by atoms with Crippen LogP contribution in [0.1, 0.15) is 15.9 Å². The van der Waals surface area contributed by atoms with Gasteiger partial charge in [-0.3, -0.25) is 4.79 Å². The standard InChI is InChI=1S/C28H32N4O3S/c1-23-12-13-24(28(33)31-16-14-29(15-17-31)25-8-4-2-5-9-25)22-27(23)36(34,35)32-20-18-30(19-21-32)26-10-6-3-7-11-26/h2-13,22H,14-21H2,1H3. The number of benzene rings is 3. The number of aryl methyl sites for hydroxylation is 1. The molecule has 7 nitrogen and oxygen atoms in total. The van der Waals surface area contributed by atoms with Crippen LogP contribution in [0.3, 0.4) is 0 Å². The number of sulfonamides is 1. The Balaban J connectivity index is 1.27. The number of piperazine rings is 2. The summed E-state index contributed by atoms with van der Waals surface area (Å²) >= 11 is 0. The Labute approximate surface area is 213 Å². The molecule has 3 aromatic rings. The van der Waals surface area contributed by atoms with Gasteiger partial charge in [-0.1, -0.05) is 42.5 Å². The fourth-order valence-corrected chi connectivity index (χ4v) is 6.64. The number of hydrogen-bond donors (Lipinski definition) is 0. The van der Waals surface area contributed by atoms with E-state index >= 15 is 0 Å². The maximum absolute atomic E-state index is 13.6. The summed E-state index contributed by atoms with van der Waals surface area (Å²) in [6, 6.07) is 25.3. The first-order valence-corrected chi connectivity index (χ1v) is 13.9. The minimum Gasteiger partial charge on any atom is -0.369 e. The number of para-hydroxylation sites is 2. The van der Waals surface area contributed by atoms with E-state index in [9.17, 15) is 13.2 Å². The van der Waals surface area contributed by atoms with Crippen molar-refractivity contribution in [1.29, 1.82) is 0 Å². The maximum atomic E-state index is 13.6. The number of hydrogen-bond acceptors (Lipinski definition) is 5. The molecule has 2 aliphatic heterocycles. The largest absolute Gasteiger partial charge is 0.369 e. The molecule has 0 N–H and O–H groups in total. The van der Waals surface area contributed by atoms with E-state index in [1.54, 1.807) is 29.4 Å². The fraction of sp³-hybridized carbons (Fsp3) is 0.321. The molecule has 2 aliphatic rings. The van der Waals surface area contributed by atoms with Crippen LogP contribution in [0.15, 0.2) is 83.8 Å². The van der Waals surface area contributed by atoms with Gasteiger partial charge in [-0.2, -0.15) is 4.31 Å². The Bertz CT molecular complexity index is 1300. The molecule has 0 bridgehead atoms. The van der Waals surface area contributed by atoms with E-state index in [-0.39, 0.29) is 10.8 Å². The molecule has 0 unspecified atom stereocenters. The Kier molecular flexibility index (Phi) is 6.98. The van der Waals surface area contributed by atoms with Gasteiger partial charge in [0.15, 0.2) is 0 Å². The lowest BCUT2D eigenvalue weighted by molar-refractivity contribution is 0.0746. The van der Waals surface area contributed by atoms with Crippen LogP contribution >= 0.6 is 0 Å². The van der Waals surface area contributed by atoms with E-state index in [1.165, 1.54) is 0 Å². The van der Waals surface area contributed by atoms with Crippen LogP contribution in [-0.2, 0) is 10.0 Å². The first-order chi connectivity index (χ1) is 17.4. The zero-order valence-corrected chi connectivity index (χ0v) is 21.4. The molecule has 5 rings (SSSR count). The summed E-state index contributed by atoms with van der Waals surface area (Å²) in [7, 11) is -3.70. The number of rotatable bonds is 5. The summed E-state index contributed by atoms with van der Waals surface area (Å²) in [6.45, 7) is 6.58. The summed E-state index contributed by atoms with van der Waals surface area (Å²) in [6.07, 6.45) is 0. The molecule has 3 aromatic carbocycles. The lowest BCUT2D eigenvalue weighted by atomic mass is 10.1. The van der Waals surface area contributed by atoms with Gasteiger partial charge in [-0.15, -0.1) is 0 Å². The molecule has 2 saturated heterocycles. The van der Waals surface area contributed by atoms with Crippen LogP contribution in [0.2, 0.25) is 0 Å². The molecular formula is C28H32N4O3S. The lowest BCUT2D eigenvalue weighted by Crippen LogP contribution is -2.49. The summed E-state index contributed by atoms with van der Waals surface area (Å²) in [4.78, 5) is 19.8. The lowest BCUT2D eigenvalue weighted by Gasteiger charge is -2.36. The van der Waals surface area contributed by atoms with Gasteiger partial charge in [-0.25, -0.2) is 8.42 Å². The second-order valence-corrected chi connectivity index (χ2v) is 11.2. The van der Waals surface area contributed by atoms with E-state index in [0.717, 1.165) is 24.5 Å². The second-order valence-electron chi connectivity index (χ2n) is 9.32. The SMILES string of the molecule is Cc1ccc(C(=O)N2CCN(c3ccccc3)CC2)cc1S(=O)(=O)N1CCN(c2ccccc2)CC1. The molecule has 0 radical (unpaired) electrons. The summed E-state index contributed by atoms with van der Waals surface area (Å²) in [5.74, 6) is -0.118. The molecule has 1 amide bonds. The normalized spacial score (nSPS) is 17.3. The predicted molar refractivity (Wildman–Crippen MR) is 143 cm³/mol. The monoisotopic (exact) mass is 504 g/mol. The van der Waals surface area contributed by atoms with Crippen LogP contribution < -0.4 is 9.80 Å². The third-order valence-corrected chi connectivity index (χ3v) is 9.14. The molecule has 2 fully saturated rings. The summed E-state index contributed by atoms with van der Waals surface area (Å²) in [5, 5.41) is 0. The van der Waals surface area contributed by atoms with E-state index in [1.807, 2.05) is 53.4 Å². The molecule has 0 spiro atoms. The van der Waals surface area contributed by atoms with Crippen molar-refractivity contribution in [1.82, 2.24) is 9.21 Å². The van der Waals surface area contributed by atoms with Crippen molar-refractivity contribution in [3.63, 3.8) is 0 Å². The highest BCUT2D eigenvalue weighted by molar-refractivity contribution is 7.89. The molecule has 0 atom stereocenters. The van der Waals surface area contributed by atoms with Crippen LogP contribution in [0.4, 0.5) is 11.4 Å². The Morgan fingerprint density at radius 3 is 1.69 bits per heavy atom. The predicted octanol–water partition coefficient (Wildman–Crippen LogP) is 3.47. The highest BCUT2D eigenvalue weighted by Crippen LogP contribution is 2.25. The van der Waals surface area contributed by atoms with Crippen LogP contribution in [-0.4, -0.2) is 75.9 Å². The van der Waals surface area contributed by atoms with Gasteiger partial charge in [0, 0.05) is 69.3 Å². The molecule has 0 aliphatic carbocycles. The van der Waals surface area contributed by atoms with E-state index in [4.69, 9.17) is 0 Å². The van der Waals surface area contributed by atoms with Crippen molar-refractivity contribution >= 4 is 27.3 Å². The third kappa shape index (κ3) is 4.96. The molecular weight excluding hydrogens is 472 g/mol. The van der Waals surface area contributed by atoms with Gasteiger partial charge in [0.2, 0.25) is 10.0 Å². The molecule has 0 aromatic heterocycles. The topological polar surface area (TPSA) is 64.2 Å². The van der Waals surface area contributed by atoms with Crippen molar-refractivity contribution in [3.8, 4) is 0 Å². The quantitative estimate of drug-likeness (QED) is 0.533. The van der Waals surface area contributed by atoms with Gasteiger partial charge in [-0.05, 0) is 48.9 Å². The van der Waals surface area contributed by atoms with Crippen molar-refractivity contribution < 1.29 is 13.2 Å². The summed E-state index contributed by atoms with van der Waals surface area (Å²) in [5.41, 5.74) is 3.34. The van der Waals surface area contributed by atoms with Crippen molar-refractivity contribution in [2.24, 2.45) is 0 Å². The van der Waals surface area contributed by atoms with Crippen LogP contribution in [0.25, 0.3) is 0 Å². The van der Waals surface area contributed by atoms with E-state index in [0.29, 0.717) is 50.4 Å². The first-order valence-electron chi connectivity index (χ1n) is 12.4. The minimum absolute atomic E-state index is 0.118. The number of carbonyl (C=O) groups is 1. The zero-order chi connectivity index (χ0) is 25.1. The Hall–Kier alpha value is -3.36. The third-order valence-electron chi connectivity index (χ3n) is 7.10. The highest BCUT2D eigenvalue weighted by Gasteiger charge is 2.31. The van der Waals surface area contributed by atoms with Crippen LogP contribution in [0, 0.1) is 6.92 Å². The molecule has 36 heavy (non-hydrogen) atoms. The van der Waals surface area contributed by atoms with Gasteiger partial charge in [0.05, 0.1) is 4.90 Å². The molecule has 0 saturated carbocycles. The molecule has 188 valence electrons. The van der Waals surface area contributed by atoms with Gasteiger partial charge >= 0.3 is 0 Å². The van der Waals surface area contributed by atoms with E-state index < -0.39 is 10.0 Å². The van der Waals surface area contributed by atoms with Gasteiger partial charge < -0.3 is 14.7 Å². The number of nitrogens with zero attached hydrogens (tertiary/aromatic N) is 4. The Morgan fingerprint density at radius 1 is 0.667 bits per heavy atom.